The molecule has 2 aromatic carbocycles. The summed E-state index contributed by atoms with van der Waals surface area (Å²) < 4.78 is 20.7. The van der Waals surface area contributed by atoms with Crippen molar-refractivity contribution in [2.45, 2.75) is 32.9 Å². The van der Waals surface area contributed by atoms with Gasteiger partial charge in [0, 0.05) is 22.1 Å². The Morgan fingerprint density at radius 3 is 2.52 bits per heavy atom. The van der Waals surface area contributed by atoms with E-state index in [0.29, 0.717) is 12.3 Å². The van der Waals surface area contributed by atoms with E-state index in [1.54, 1.807) is 12.1 Å². The monoisotopic (exact) mass is 351 g/mol. The maximum atomic E-state index is 14.1. The van der Waals surface area contributed by atoms with Crippen molar-refractivity contribution in [1.82, 2.24) is 5.32 Å². The van der Waals surface area contributed by atoms with E-state index in [1.165, 1.54) is 6.07 Å². The van der Waals surface area contributed by atoms with Gasteiger partial charge >= 0.3 is 0 Å². The normalized spacial score (nSPS) is 11.5. The Morgan fingerprint density at radius 2 is 1.86 bits per heavy atom. The molecule has 0 atom stereocenters. The molecule has 0 heterocycles. The number of benzene rings is 2. The van der Waals surface area contributed by atoms with Gasteiger partial charge in [-0.1, -0.05) is 34.1 Å². The minimum Gasteiger partial charge on any atom is -0.454 e. The maximum absolute atomic E-state index is 14.1. The van der Waals surface area contributed by atoms with Crippen LogP contribution in [0.1, 0.15) is 26.3 Å². The Balaban J connectivity index is 2.25. The molecule has 1 N–H and O–H groups in total. The summed E-state index contributed by atoms with van der Waals surface area (Å²) in [4.78, 5) is 0. The molecule has 0 saturated heterocycles. The standard InChI is InChI=1S/C17H19BrFNO/c1-17(2,3)20-11-12-6-4-9-15(19)16(12)21-14-8-5-7-13(18)10-14/h4-10,20H,11H2,1-3H3. The second-order valence-electron chi connectivity index (χ2n) is 5.89. The lowest BCUT2D eigenvalue weighted by atomic mass is 10.1. The van der Waals surface area contributed by atoms with Crippen LogP contribution < -0.4 is 10.1 Å². The molecule has 0 aliphatic rings. The van der Waals surface area contributed by atoms with Gasteiger partial charge in [-0.15, -0.1) is 0 Å². The van der Waals surface area contributed by atoms with Crippen LogP contribution in [-0.2, 0) is 6.54 Å². The lowest BCUT2D eigenvalue weighted by molar-refractivity contribution is 0.404. The number of hydrogen-bond donors (Lipinski definition) is 1. The second-order valence-corrected chi connectivity index (χ2v) is 6.81. The highest BCUT2D eigenvalue weighted by atomic mass is 79.9. The fourth-order valence-electron chi connectivity index (χ4n) is 1.82. The molecule has 4 heteroatoms. The van der Waals surface area contributed by atoms with Crippen molar-refractivity contribution in [2.75, 3.05) is 0 Å². The number of ether oxygens (including phenoxy) is 1. The lowest BCUT2D eigenvalue weighted by Gasteiger charge is -2.21. The predicted molar refractivity (Wildman–Crippen MR) is 87.2 cm³/mol. The first-order valence-corrected chi connectivity index (χ1v) is 7.60. The van der Waals surface area contributed by atoms with Crippen LogP contribution in [-0.4, -0.2) is 5.54 Å². The van der Waals surface area contributed by atoms with Gasteiger partial charge in [-0.3, -0.25) is 0 Å². The highest BCUT2D eigenvalue weighted by molar-refractivity contribution is 9.10. The zero-order chi connectivity index (χ0) is 15.5. The number of hydrogen-bond acceptors (Lipinski definition) is 2. The van der Waals surface area contributed by atoms with Crippen LogP contribution in [0.3, 0.4) is 0 Å². The summed E-state index contributed by atoms with van der Waals surface area (Å²) in [6, 6.07) is 12.3. The lowest BCUT2D eigenvalue weighted by Crippen LogP contribution is -2.35. The molecule has 0 amide bonds. The number of rotatable bonds is 4. The number of nitrogens with one attached hydrogen (secondary N) is 1. The first kappa shape index (κ1) is 16.0. The summed E-state index contributed by atoms with van der Waals surface area (Å²) in [6.45, 7) is 6.76. The largest absolute Gasteiger partial charge is 0.454 e. The van der Waals surface area contributed by atoms with E-state index in [0.717, 1.165) is 10.0 Å². The van der Waals surface area contributed by atoms with Crippen molar-refractivity contribution in [3.8, 4) is 11.5 Å². The van der Waals surface area contributed by atoms with Crippen LogP contribution in [0, 0.1) is 5.82 Å². The van der Waals surface area contributed by atoms with E-state index in [2.05, 4.69) is 42.0 Å². The fourth-order valence-corrected chi connectivity index (χ4v) is 2.19. The number of halogens is 2. The zero-order valence-corrected chi connectivity index (χ0v) is 14.0. The molecule has 2 rings (SSSR count). The first-order chi connectivity index (χ1) is 9.85. The van der Waals surface area contributed by atoms with Crippen LogP contribution in [0.2, 0.25) is 0 Å². The van der Waals surface area contributed by atoms with Gasteiger partial charge in [0.25, 0.3) is 0 Å². The summed E-state index contributed by atoms with van der Waals surface area (Å²) in [7, 11) is 0. The highest BCUT2D eigenvalue weighted by Gasteiger charge is 2.14. The van der Waals surface area contributed by atoms with Gasteiger partial charge in [0.1, 0.15) is 5.75 Å². The molecule has 0 spiro atoms. The summed E-state index contributed by atoms with van der Waals surface area (Å²) in [5.41, 5.74) is 0.754. The van der Waals surface area contributed by atoms with Crippen molar-refractivity contribution in [1.29, 1.82) is 0 Å². The molecule has 2 nitrogen and oxygen atoms in total. The topological polar surface area (TPSA) is 21.3 Å². The van der Waals surface area contributed by atoms with Gasteiger partial charge in [-0.2, -0.15) is 0 Å². The number of para-hydroxylation sites is 1. The van der Waals surface area contributed by atoms with Crippen molar-refractivity contribution in [3.63, 3.8) is 0 Å². The van der Waals surface area contributed by atoms with Crippen LogP contribution >= 0.6 is 15.9 Å². The second kappa shape index (κ2) is 6.58. The summed E-state index contributed by atoms with van der Waals surface area (Å²) in [5, 5.41) is 3.35. The summed E-state index contributed by atoms with van der Waals surface area (Å²) in [6.07, 6.45) is 0. The SMILES string of the molecule is CC(C)(C)NCc1cccc(F)c1Oc1cccc(Br)c1. The molecule has 0 aliphatic carbocycles. The van der Waals surface area contributed by atoms with Crippen molar-refractivity contribution >= 4 is 15.9 Å². The van der Waals surface area contributed by atoms with Gasteiger partial charge < -0.3 is 10.1 Å². The Morgan fingerprint density at radius 1 is 1.14 bits per heavy atom. The Hall–Kier alpha value is -1.39. The third-order valence-electron chi connectivity index (χ3n) is 2.87. The molecule has 0 bridgehead atoms. The molecule has 0 fully saturated rings. The van der Waals surface area contributed by atoms with E-state index in [9.17, 15) is 4.39 Å². The quantitative estimate of drug-likeness (QED) is 0.810. The average molecular weight is 352 g/mol. The van der Waals surface area contributed by atoms with Crippen LogP contribution in [0.25, 0.3) is 0 Å². The average Bonchev–Trinajstić information content (AvgIpc) is 2.39. The van der Waals surface area contributed by atoms with Crippen LogP contribution in [0.15, 0.2) is 46.9 Å². The minimum absolute atomic E-state index is 0.0423. The van der Waals surface area contributed by atoms with Crippen LogP contribution in [0.4, 0.5) is 4.39 Å². The summed E-state index contributed by atoms with van der Waals surface area (Å²) >= 11 is 3.38. The maximum Gasteiger partial charge on any atom is 0.167 e. The zero-order valence-electron chi connectivity index (χ0n) is 12.4. The van der Waals surface area contributed by atoms with Gasteiger partial charge in [-0.05, 0) is 45.0 Å². The third kappa shape index (κ3) is 4.83. The van der Waals surface area contributed by atoms with Gasteiger partial charge in [0.2, 0.25) is 0 Å². The van der Waals surface area contributed by atoms with Gasteiger partial charge in [0.05, 0.1) is 0 Å². The van der Waals surface area contributed by atoms with Crippen molar-refractivity contribution in [3.05, 3.63) is 58.3 Å². The molecule has 0 unspecified atom stereocenters. The minimum atomic E-state index is -0.358. The van der Waals surface area contributed by atoms with Gasteiger partial charge in [0.15, 0.2) is 11.6 Å². The highest BCUT2D eigenvalue weighted by Crippen LogP contribution is 2.30. The molecule has 0 aromatic heterocycles. The molecule has 0 radical (unpaired) electrons. The molecule has 2 aromatic rings. The molecular weight excluding hydrogens is 333 g/mol. The predicted octanol–water partition coefficient (Wildman–Crippen LogP) is 5.27. The molecule has 112 valence electrons. The Kier molecular flexibility index (Phi) is 5.01. The summed E-state index contributed by atoms with van der Waals surface area (Å²) in [5.74, 6) is 0.516. The van der Waals surface area contributed by atoms with Gasteiger partial charge in [-0.25, -0.2) is 4.39 Å². The van der Waals surface area contributed by atoms with E-state index < -0.39 is 0 Å². The molecule has 21 heavy (non-hydrogen) atoms. The van der Waals surface area contributed by atoms with E-state index in [4.69, 9.17) is 4.74 Å². The Labute approximate surface area is 133 Å². The van der Waals surface area contributed by atoms with E-state index in [-0.39, 0.29) is 17.1 Å². The molecule has 0 aliphatic heterocycles. The molecule has 0 saturated carbocycles. The fraction of sp³-hybridized carbons (Fsp3) is 0.294. The smallest absolute Gasteiger partial charge is 0.167 e. The van der Waals surface area contributed by atoms with Crippen molar-refractivity contribution < 1.29 is 9.13 Å². The Bertz CT molecular complexity index is 622. The first-order valence-electron chi connectivity index (χ1n) is 6.81. The third-order valence-corrected chi connectivity index (χ3v) is 3.37. The van der Waals surface area contributed by atoms with E-state index in [1.807, 2.05) is 24.3 Å². The molecular formula is C17H19BrFNO. The van der Waals surface area contributed by atoms with E-state index >= 15 is 0 Å². The van der Waals surface area contributed by atoms with Crippen molar-refractivity contribution in [2.24, 2.45) is 0 Å². The van der Waals surface area contributed by atoms with Crippen LogP contribution in [0.5, 0.6) is 11.5 Å².